The van der Waals surface area contributed by atoms with Crippen LogP contribution >= 0.6 is 0 Å². The van der Waals surface area contributed by atoms with Crippen LogP contribution in [0.2, 0.25) is 0 Å². The third-order valence-corrected chi connectivity index (χ3v) is 2.65. The van der Waals surface area contributed by atoms with Crippen LogP contribution in [-0.2, 0) is 6.54 Å². The molecule has 16 heavy (non-hydrogen) atoms. The summed E-state index contributed by atoms with van der Waals surface area (Å²) in [7, 11) is 0. The average Bonchev–Trinajstić information content (AvgIpc) is 3.05. The highest BCUT2D eigenvalue weighted by atomic mass is 15.3. The van der Waals surface area contributed by atoms with Crippen molar-refractivity contribution in [2.75, 3.05) is 0 Å². The minimum Gasteiger partial charge on any atom is -0.307 e. The van der Waals surface area contributed by atoms with E-state index in [9.17, 15) is 0 Å². The van der Waals surface area contributed by atoms with Gasteiger partial charge in [0, 0.05) is 18.4 Å². The molecule has 1 aliphatic carbocycles. The van der Waals surface area contributed by atoms with E-state index in [-0.39, 0.29) is 0 Å². The van der Waals surface area contributed by atoms with E-state index in [0.29, 0.717) is 6.04 Å². The molecule has 2 aromatic rings. The van der Waals surface area contributed by atoms with E-state index < -0.39 is 0 Å². The highest BCUT2D eigenvalue weighted by Crippen LogP contribution is 2.19. The van der Waals surface area contributed by atoms with Crippen molar-refractivity contribution in [1.82, 2.24) is 25.1 Å². The molecule has 0 atom stereocenters. The van der Waals surface area contributed by atoms with Gasteiger partial charge < -0.3 is 5.32 Å². The molecule has 5 heteroatoms. The third kappa shape index (κ3) is 1.94. The SMILES string of the molecule is c1cc(-n2ncnc2CNC2CC2)ccn1. The van der Waals surface area contributed by atoms with Crippen molar-refractivity contribution < 1.29 is 0 Å². The molecule has 0 radical (unpaired) electrons. The largest absolute Gasteiger partial charge is 0.307 e. The molecule has 2 aromatic heterocycles. The van der Waals surface area contributed by atoms with E-state index in [4.69, 9.17) is 0 Å². The summed E-state index contributed by atoms with van der Waals surface area (Å²) in [5.74, 6) is 0.943. The Morgan fingerprint density at radius 3 is 2.88 bits per heavy atom. The van der Waals surface area contributed by atoms with Gasteiger partial charge >= 0.3 is 0 Å². The van der Waals surface area contributed by atoms with Crippen LogP contribution in [-0.4, -0.2) is 25.8 Å². The Bertz CT molecular complexity index is 460. The van der Waals surface area contributed by atoms with Crippen molar-refractivity contribution in [3.8, 4) is 5.69 Å². The number of rotatable bonds is 4. The maximum absolute atomic E-state index is 4.26. The van der Waals surface area contributed by atoms with Crippen LogP contribution in [0.25, 0.3) is 5.69 Å². The van der Waals surface area contributed by atoms with Crippen LogP contribution in [0.15, 0.2) is 30.9 Å². The van der Waals surface area contributed by atoms with Crippen LogP contribution in [0.1, 0.15) is 18.7 Å². The van der Waals surface area contributed by atoms with Gasteiger partial charge in [-0.15, -0.1) is 0 Å². The average molecular weight is 215 g/mol. The molecule has 1 N–H and O–H groups in total. The van der Waals surface area contributed by atoms with E-state index in [1.807, 2.05) is 16.8 Å². The van der Waals surface area contributed by atoms with E-state index >= 15 is 0 Å². The maximum atomic E-state index is 4.26. The van der Waals surface area contributed by atoms with Gasteiger partial charge in [-0.2, -0.15) is 5.10 Å². The number of pyridine rings is 1. The van der Waals surface area contributed by atoms with E-state index in [1.54, 1.807) is 18.7 Å². The summed E-state index contributed by atoms with van der Waals surface area (Å²) >= 11 is 0. The van der Waals surface area contributed by atoms with Gasteiger partial charge in [0.1, 0.15) is 12.2 Å². The quantitative estimate of drug-likeness (QED) is 0.823. The topological polar surface area (TPSA) is 55.6 Å². The summed E-state index contributed by atoms with van der Waals surface area (Å²) in [4.78, 5) is 8.25. The first-order valence-corrected chi connectivity index (χ1v) is 5.46. The molecule has 5 nitrogen and oxygen atoms in total. The molecule has 0 spiro atoms. The number of nitrogens with zero attached hydrogens (tertiary/aromatic N) is 4. The molecular weight excluding hydrogens is 202 g/mol. The van der Waals surface area contributed by atoms with E-state index in [1.165, 1.54) is 12.8 Å². The second-order valence-corrected chi connectivity index (χ2v) is 3.95. The van der Waals surface area contributed by atoms with Crippen molar-refractivity contribution >= 4 is 0 Å². The standard InChI is InChI=1S/C11H13N5/c1-2-9(1)13-7-11-14-8-15-16(11)10-3-5-12-6-4-10/h3-6,8-9,13H,1-2,7H2. The molecular formula is C11H13N5. The molecule has 0 amide bonds. The van der Waals surface area contributed by atoms with Crippen molar-refractivity contribution in [1.29, 1.82) is 0 Å². The monoisotopic (exact) mass is 215 g/mol. The summed E-state index contributed by atoms with van der Waals surface area (Å²) in [6.45, 7) is 0.771. The first-order valence-electron chi connectivity index (χ1n) is 5.46. The minimum atomic E-state index is 0.683. The third-order valence-electron chi connectivity index (χ3n) is 2.65. The minimum absolute atomic E-state index is 0.683. The zero-order valence-corrected chi connectivity index (χ0v) is 8.87. The van der Waals surface area contributed by atoms with Gasteiger partial charge in [0.15, 0.2) is 0 Å². The maximum Gasteiger partial charge on any atom is 0.146 e. The van der Waals surface area contributed by atoms with Crippen molar-refractivity contribution in [3.05, 3.63) is 36.7 Å². The predicted molar refractivity (Wildman–Crippen MR) is 59.0 cm³/mol. The second kappa shape index (κ2) is 4.02. The molecule has 0 aromatic carbocycles. The lowest BCUT2D eigenvalue weighted by atomic mass is 10.4. The zero-order chi connectivity index (χ0) is 10.8. The fourth-order valence-electron chi connectivity index (χ4n) is 1.61. The van der Waals surface area contributed by atoms with Crippen LogP contribution in [0.3, 0.4) is 0 Å². The number of hydrogen-bond donors (Lipinski definition) is 1. The number of nitrogens with one attached hydrogen (secondary N) is 1. The number of aromatic nitrogens is 4. The molecule has 2 heterocycles. The number of hydrogen-bond acceptors (Lipinski definition) is 4. The first-order chi connectivity index (χ1) is 7.93. The first kappa shape index (κ1) is 9.47. The Balaban J connectivity index is 1.81. The predicted octanol–water partition coefficient (Wildman–Crippen LogP) is 0.914. The van der Waals surface area contributed by atoms with Crippen molar-refractivity contribution in [2.45, 2.75) is 25.4 Å². The summed E-state index contributed by atoms with van der Waals surface area (Å²) in [6, 6.07) is 4.53. The Morgan fingerprint density at radius 1 is 1.31 bits per heavy atom. The smallest absolute Gasteiger partial charge is 0.146 e. The molecule has 0 saturated heterocycles. The van der Waals surface area contributed by atoms with Gasteiger partial charge in [0.2, 0.25) is 0 Å². The van der Waals surface area contributed by atoms with E-state index in [0.717, 1.165) is 18.1 Å². The van der Waals surface area contributed by atoms with Gasteiger partial charge in [-0.25, -0.2) is 9.67 Å². The summed E-state index contributed by atoms with van der Waals surface area (Å²) < 4.78 is 1.84. The van der Waals surface area contributed by atoms with Gasteiger partial charge in [0.05, 0.1) is 12.2 Å². The molecule has 1 fully saturated rings. The van der Waals surface area contributed by atoms with Gasteiger partial charge in [-0.1, -0.05) is 0 Å². The lowest BCUT2D eigenvalue weighted by Crippen LogP contribution is -2.18. The van der Waals surface area contributed by atoms with Crippen molar-refractivity contribution in [2.24, 2.45) is 0 Å². The zero-order valence-electron chi connectivity index (χ0n) is 8.87. The lowest BCUT2D eigenvalue weighted by Gasteiger charge is -2.05. The summed E-state index contributed by atoms with van der Waals surface area (Å²) in [5.41, 5.74) is 1.00. The molecule has 1 saturated carbocycles. The second-order valence-electron chi connectivity index (χ2n) is 3.95. The Morgan fingerprint density at radius 2 is 2.12 bits per heavy atom. The van der Waals surface area contributed by atoms with Gasteiger partial charge in [-0.3, -0.25) is 4.98 Å². The Kier molecular flexibility index (Phi) is 2.38. The highest BCUT2D eigenvalue weighted by molar-refractivity contribution is 5.28. The fraction of sp³-hybridized carbons (Fsp3) is 0.364. The molecule has 82 valence electrons. The van der Waals surface area contributed by atoms with Gasteiger partial charge in [-0.05, 0) is 25.0 Å². The molecule has 1 aliphatic rings. The van der Waals surface area contributed by atoms with Crippen molar-refractivity contribution in [3.63, 3.8) is 0 Å². The normalized spacial score (nSPS) is 15.2. The highest BCUT2D eigenvalue weighted by Gasteiger charge is 2.21. The molecule has 3 rings (SSSR count). The Hall–Kier alpha value is -1.75. The van der Waals surface area contributed by atoms with Crippen LogP contribution in [0.5, 0.6) is 0 Å². The molecule has 0 bridgehead atoms. The summed E-state index contributed by atoms with van der Waals surface area (Å²) in [6.07, 6.45) is 7.67. The van der Waals surface area contributed by atoms with Gasteiger partial charge in [0.25, 0.3) is 0 Å². The van der Waals surface area contributed by atoms with Crippen LogP contribution in [0, 0.1) is 0 Å². The fourth-order valence-corrected chi connectivity index (χ4v) is 1.61. The molecule has 0 aliphatic heterocycles. The molecule has 0 unspecified atom stereocenters. The van der Waals surface area contributed by atoms with Crippen LogP contribution < -0.4 is 5.32 Å². The lowest BCUT2D eigenvalue weighted by molar-refractivity contribution is 0.637. The summed E-state index contributed by atoms with van der Waals surface area (Å²) in [5, 5.41) is 7.65. The van der Waals surface area contributed by atoms with Crippen LogP contribution in [0.4, 0.5) is 0 Å². The van der Waals surface area contributed by atoms with E-state index in [2.05, 4.69) is 20.4 Å². The Labute approximate surface area is 93.5 Å².